The summed E-state index contributed by atoms with van der Waals surface area (Å²) in [6, 6.07) is 24.3. The number of carboxylic acid groups (broad SMARTS) is 3. The third kappa shape index (κ3) is 8.56. The molecule has 0 aliphatic rings. The predicted octanol–water partition coefficient (Wildman–Crippen LogP) is 4.94. The van der Waals surface area contributed by atoms with Gasteiger partial charge in [0.05, 0.1) is 16.7 Å². The summed E-state index contributed by atoms with van der Waals surface area (Å²) >= 11 is 0. The van der Waals surface area contributed by atoms with Crippen LogP contribution in [0.25, 0.3) is 11.1 Å². The Morgan fingerprint density at radius 2 is 0.556 bits per heavy atom. The SMILES string of the molecule is O=C(O)c1ccc(C(=O)O)cc1.O=C(O)c1ccc(O)cc1.Oc1ccc(-c2ccc(O)cc2)cc1. The van der Waals surface area contributed by atoms with Gasteiger partial charge >= 0.3 is 17.9 Å². The zero-order valence-corrected chi connectivity index (χ0v) is 18.6. The molecule has 0 unspecified atom stereocenters. The van der Waals surface area contributed by atoms with Crippen LogP contribution in [0.1, 0.15) is 31.1 Å². The van der Waals surface area contributed by atoms with E-state index in [4.69, 9.17) is 30.6 Å². The molecule has 0 saturated carbocycles. The molecule has 0 saturated heterocycles. The van der Waals surface area contributed by atoms with Crippen molar-refractivity contribution in [3.63, 3.8) is 0 Å². The highest BCUT2D eigenvalue weighted by Crippen LogP contribution is 2.23. The Hall–Kier alpha value is -5.31. The van der Waals surface area contributed by atoms with E-state index in [2.05, 4.69) is 0 Å². The quantitative estimate of drug-likeness (QED) is 0.232. The van der Waals surface area contributed by atoms with E-state index in [0.717, 1.165) is 11.1 Å². The Labute approximate surface area is 205 Å². The highest BCUT2D eigenvalue weighted by molar-refractivity contribution is 5.91. The Morgan fingerprint density at radius 1 is 0.361 bits per heavy atom. The van der Waals surface area contributed by atoms with Crippen LogP contribution in [-0.4, -0.2) is 48.5 Å². The lowest BCUT2D eigenvalue weighted by molar-refractivity contribution is 0.0681. The fraction of sp³-hybridized carbons (Fsp3) is 0. The second kappa shape index (κ2) is 12.8. The van der Waals surface area contributed by atoms with Gasteiger partial charge in [-0.05, 0) is 83.9 Å². The highest BCUT2D eigenvalue weighted by atomic mass is 16.4. The normalized spacial score (nSPS) is 9.56. The van der Waals surface area contributed by atoms with Crippen LogP contribution in [0.3, 0.4) is 0 Å². The van der Waals surface area contributed by atoms with Crippen molar-refractivity contribution in [3.05, 3.63) is 114 Å². The van der Waals surface area contributed by atoms with Gasteiger partial charge in [0, 0.05) is 0 Å². The molecule has 4 aromatic carbocycles. The molecule has 0 atom stereocenters. The monoisotopic (exact) mass is 490 g/mol. The molecule has 4 rings (SSSR count). The van der Waals surface area contributed by atoms with Crippen molar-refractivity contribution >= 4 is 17.9 Å². The van der Waals surface area contributed by atoms with E-state index < -0.39 is 17.9 Å². The molecule has 0 fully saturated rings. The van der Waals surface area contributed by atoms with Gasteiger partial charge < -0.3 is 30.6 Å². The first-order valence-electron chi connectivity index (χ1n) is 10.2. The number of phenols is 3. The molecule has 9 heteroatoms. The maximum Gasteiger partial charge on any atom is 0.335 e. The molecule has 0 bridgehead atoms. The van der Waals surface area contributed by atoms with Crippen LogP contribution in [0.15, 0.2) is 97.1 Å². The van der Waals surface area contributed by atoms with Gasteiger partial charge in [0.15, 0.2) is 0 Å². The molecule has 0 aromatic heterocycles. The summed E-state index contributed by atoms with van der Waals surface area (Å²) in [4.78, 5) is 30.9. The smallest absolute Gasteiger partial charge is 0.335 e. The molecule has 4 aromatic rings. The van der Waals surface area contributed by atoms with Gasteiger partial charge in [-0.15, -0.1) is 0 Å². The predicted molar refractivity (Wildman–Crippen MR) is 131 cm³/mol. The van der Waals surface area contributed by atoms with Crippen LogP contribution in [0.2, 0.25) is 0 Å². The average molecular weight is 490 g/mol. The van der Waals surface area contributed by atoms with Crippen molar-refractivity contribution < 1.29 is 45.0 Å². The van der Waals surface area contributed by atoms with E-state index in [0.29, 0.717) is 0 Å². The van der Waals surface area contributed by atoms with Crippen LogP contribution in [0.5, 0.6) is 17.2 Å². The van der Waals surface area contributed by atoms with E-state index in [1.807, 2.05) is 24.3 Å². The number of rotatable bonds is 4. The summed E-state index contributed by atoms with van der Waals surface area (Å²) < 4.78 is 0. The fourth-order valence-corrected chi connectivity index (χ4v) is 2.67. The lowest BCUT2D eigenvalue weighted by Crippen LogP contribution is -1.99. The molecule has 0 spiro atoms. The third-order valence-corrected chi connectivity index (χ3v) is 4.56. The van der Waals surface area contributed by atoms with Crippen molar-refractivity contribution in [2.24, 2.45) is 0 Å². The molecule has 0 radical (unpaired) electrons. The largest absolute Gasteiger partial charge is 0.508 e. The number of carboxylic acids is 3. The molecule has 0 aliphatic heterocycles. The van der Waals surface area contributed by atoms with Gasteiger partial charge in [-0.2, -0.15) is 0 Å². The van der Waals surface area contributed by atoms with Gasteiger partial charge in [-0.25, -0.2) is 14.4 Å². The summed E-state index contributed by atoms with van der Waals surface area (Å²) in [6.45, 7) is 0. The molecule has 0 heterocycles. The van der Waals surface area contributed by atoms with Crippen LogP contribution in [0, 0.1) is 0 Å². The lowest BCUT2D eigenvalue weighted by atomic mass is 10.1. The summed E-state index contributed by atoms with van der Waals surface area (Å²) in [7, 11) is 0. The number of benzene rings is 4. The minimum atomic E-state index is -1.06. The van der Waals surface area contributed by atoms with E-state index in [-0.39, 0.29) is 33.9 Å². The summed E-state index contributed by atoms with van der Waals surface area (Å²) in [5.74, 6) is -2.52. The van der Waals surface area contributed by atoms with Gasteiger partial charge in [0.25, 0.3) is 0 Å². The molecule has 0 aliphatic carbocycles. The number of carbonyl (C=O) groups is 3. The van der Waals surface area contributed by atoms with E-state index in [9.17, 15) is 14.4 Å². The van der Waals surface area contributed by atoms with Gasteiger partial charge in [-0.3, -0.25) is 0 Å². The standard InChI is InChI=1S/C12H10O2.C8H6O4.C7H6O3/c13-11-5-1-9(2-6-11)10-3-7-12(14)8-4-10;9-7(10)5-1-2-6(4-3-5)8(11)12;8-6-3-1-5(2-4-6)7(9)10/h1-8,13-14H;1-4H,(H,9,10)(H,11,12);1-4,8H,(H,9,10). The maximum absolute atomic E-state index is 10.3. The maximum atomic E-state index is 10.3. The molecule has 36 heavy (non-hydrogen) atoms. The summed E-state index contributed by atoms with van der Waals surface area (Å²) in [5.41, 5.74) is 2.38. The number of hydrogen-bond donors (Lipinski definition) is 6. The highest BCUT2D eigenvalue weighted by Gasteiger charge is 2.05. The van der Waals surface area contributed by atoms with Gasteiger partial charge in [-0.1, -0.05) is 24.3 Å². The van der Waals surface area contributed by atoms with Crippen LogP contribution < -0.4 is 0 Å². The third-order valence-electron chi connectivity index (χ3n) is 4.56. The minimum Gasteiger partial charge on any atom is -0.508 e. The second-order valence-corrected chi connectivity index (χ2v) is 7.13. The summed E-state index contributed by atoms with van der Waals surface area (Å²) in [6.07, 6.45) is 0. The second-order valence-electron chi connectivity index (χ2n) is 7.13. The van der Waals surface area contributed by atoms with Crippen LogP contribution >= 0.6 is 0 Å². The first-order valence-corrected chi connectivity index (χ1v) is 10.2. The number of aromatic hydroxyl groups is 3. The molecule has 184 valence electrons. The van der Waals surface area contributed by atoms with E-state index >= 15 is 0 Å². The van der Waals surface area contributed by atoms with Crippen molar-refractivity contribution in [1.82, 2.24) is 0 Å². The topological polar surface area (TPSA) is 173 Å². The van der Waals surface area contributed by atoms with Crippen molar-refractivity contribution in [2.45, 2.75) is 0 Å². The zero-order chi connectivity index (χ0) is 26.7. The van der Waals surface area contributed by atoms with Gasteiger partial charge in [0.2, 0.25) is 0 Å². The molecular formula is C27H22O9. The van der Waals surface area contributed by atoms with Crippen molar-refractivity contribution in [3.8, 4) is 28.4 Å². The lowest BCUT2D eigenvalue weighted by Gasteiger charge is -2.01. The van der Waals surface area contributed by atoms with Gasteiger partial charge in [0.1, 0.15) is 17.2 Å². The average Bonchev–Trinajstić information content (AvgIpc) is 2.86. The minimum absolute atomic E-state index is 0.0741. The Morgan fingerprint density at radius 3 is 0.778 bits per heavy atom. The molecule has 0 amide bonds. The number of phenolic OH excluding ortho intramolecular Hbond substituents is 3. The Balaban J connectivity index is 0.000000193. The zero-order valence-electron chi connectivity index (χ0n) is 18.6. The Bertz CT molecular complexity index is 1220. The van der Waals surface area contributed by atoms with Crippen LogP contribution in [0.4, 0.5) is 0 Å². The Kier molecular flexibility index (Phi) is 9.58. The van der Waals surface area contributed by atoms with Crippen LogP contribution in [-0.2, 0) is 0 Å². The van der Waals surface area contributed by atoms with Crippen molar-refractivity contribution in [1.29, 1.82) is 0 Å². The molecule has 6 N–H and O–H groups in total. The number of aromatic carboxylic acids is 3. The molecule has 9 nitrogen and oxygen atoms in total. The van der Waals surface area contributed by atoms with Crippen molar-refractivity contribution in [2.75, 3.05) is 0 Å². The first kappa shape index (κ1) is 26.9. The first-order chi connectivity index (χ1) is 17.1. The van der Waals surface area contributed by atoms with E-state index in [1.165, 1.54) is 48.5 Å². The summed E-state index contributed by atoms with van der Waals surface area (Å²) in [5, 5.41) is 52.3. The molecular weight excluding hydrogens is 468 g/mol. The number of hydrogen-bond acceptors (Lipinski definition) is 6. The fourth-order valence-electron chi connectivity index (χ4n) is 2.67. The van der Waals surface area contributed by atoms with E-state index in [1.54, 1.807) is 24.3 Å².